The van der Waals surface area contributed by atoms with Gasteiger partial charge in [0.2, 0.25) is 0 Å². The molecule has 3 aromatic carbocycles. The molecule has 0 amide bonds. The number of aliphatic hydroxyl groups is 2. The van der Waals surface area contributed by atoms with Crippen molar-refractivity contribution in [2.75, 3.05) is 42.1 Å². The fourth-order valence-electron chi connectivity index (χ4n) is 14.1. The molecule has 24 heteroatoms. The van der Waals surface area contributed by atoms with Crippen LogP contribution in [0, 0.1) is 23.7 Å². The smallest absolute Gasteiger partial charge is 0.161 e. The van der Waals surface area contributed by atoms with Crippen LogP contribution >= 0.6 is 0 Å². The van der Waals surface area contributed by atoms with Crippen molar-refractivity contribution in [3.05, 3.63) is 166 Å². The van der Waals surface area contributed by atoms with E-state index in [1.54, 1.807) is 18.7 Å². The van der Waals surface area contributed by atoms with Gasteiger partial charge in [0.25, 0.3) is 0 Å². The average molecular weight is 1330 g/mol. The Balaban J connectivity index is 0.000000127. The highest BCUT2D eigenvalue weighted by Gasteiger charge is 2.40. The Morgan fingerprint density at radius 1 is 0.404 bits per heavy atom. The normalized spacial score (nSPS) is 19.6. The summed E-state index contributed by atoms with van der Waals surface area (Å²) in [6, 6.07) is 27.2. The van der Waals surface area contributed by atoms with Gasteiger partial charge in [-0.3, -0.25) is 28.1 Å². The second-order valence-corrected chi connectivity index (χ2v) is 27.0. The summed E-state index contributed by atoms with van der Waals surface area (Å²) in [7, 11) is 11.5. The molecule has 10 heterocycles. The largest absolute Gasteiger partial charge is 0.393 e. The van der Waals surface area contributed by atoms with Crippen LogP contribution < -0.4 is 21.3 Å². The molecule has 6 N–H and O–H groups in total. The van der Waals surface area contributed by atoms with E-state index in [1.165, 1.54) is 12.8 Å². The SMILES string of the molecule is Cn1cc(-c2cccc(-c3ncc(-c4ccn(C)n4)c(NC4CCC5CNCC54)n3)c2)cn1.Cn1cc(-c2cccc(-c3ncc(-c4cnn(C)c4)c(NCC4CCC(O)CC4)n3)c2)cn1.Cn1cc(-c2cccc(-c3ncc(-c4cnn(C)c4)c(NCC4CCC(O)CC4)n3)c2)cn1. The molecular formula is C75H86N22O2. The zero-order valence-electron chi connectivity index (χ0n) is 57.0. The lowest BCUT2D eigenvalue weighted by Gasteiger charge is -2.26. The van der Waals surface area contributed by atoms with Crippen LogP contribution in [0.15, 0.2) is 166 Å². The first kappa shape index (κ1) is 65.7. The van der Waals surface area contributed by atoms with Crippen LogP contribution in [-0.2, 0) is 42.3 Å². The van der Waals surface area contributed by atoms with E-state index >= 15 is 0 Å². The molecule has 0 bridgehead atoms. The van der Waals surface area contributed by atoms with Gasteiger partial charge in [-0.05, 0) is 135 Å². The van der Waals surface area contributed by atoms with Gasteiger partial charge < -0.3 is 31.5 Å². The van der Waals surface area contributed by atoms with Gasteiger partial charge in [-0.1, -0.05) is 54.6 Å². The zero-order valence-corrected chi connectivity index (χ0v) is 57.0. The van der Waals surface area contributed by atoms with E-state index in [-0.39, 0.29) is 12.2 Å². The number of nitrogens with zero attached hydrogens (tertiary/aromatic N) is 18. The van der Waals surface area contributed by atoms with Crippen LogP contribution in [0.1, 0.15) is 64.2 Å². The molecular weight excluding hydrogens is 1240 g/mol. The summed E-state index contributed by atoms with van der Waals surface area (Å²) in [6.45, 7) is 3.86. The molecule has 0 spiro atoms. The molecule has 24 nitrogen and oxygen atoms in total. The van der Waals surface area contributed by atoms with Crippen molar-refractivity contribution in [3.63, 3.8) is 0 Å². The van der Waals surface area contributed by atoms with Gasteiger partial charge in [-0.25, -0.2) is 29.9 Å². The Labute approximate surface area is 576 Å². The molecule has 12 aromatic rings. The molecule has 99 heavy (non-hydrogen) atoms. The highest BCUT2D eigenvalue weighted by atomic mass is 16.3. The Bertz CT molecular complexity index is 4500. The highest BCUT2D eigenvalue weighted by Crippen LogP contribution is 2.39. The van der Waals surface area contributed by atoms with Crippen molar-refractivity contribution in [1.29, 1.82) is 0 Å². The molecule has 16 rings (SSSR count). The fraction of sp³-hybridized carbons (Fsp3) is 0.360. The third-order valence-electron chi connectivity index (χ3n) is 19.7. The van der Waals surface area contributed by atoms with E-state index in [4.69, 9.17) is 29.9 Å². The minimum atomic E-state index is -0.148. The predicted octanol–water partition coefficient (Wildman–Crippen LogP) is 11.2. The lowest BCUT2D eigenvalue weighted by molar-refractivity contribution is 0.111. The number of fused-ring (bicyclic) bond motifs is 1. The minimum absolute atomic E-state index is 0.148. The predicted molar refractivity (Wildman–Crippen MR) is 385 cm³/mol. The van der Waals surface area contributed by atoms with Gasteiger partial charge in [-0.2, -0.15) is 30.6 Å². The van der Waals surface area contributed by atoms with E-state index in [1.807, 2.05) is 175 Å². The number of aromatic nitrogens is 18. The van der Waals surface area contributed by atoms with Crippen LogP contribution in [0.5, 0.6) is 0 Å². The summed E-state index contributed by atoms with van der Waals surface area (Å²) in [5.74, 6) is 7.02. The molecule has 4 aliphatic rings. The third kappa shape index (κ3) is 15.7. The number of nitrogens with one attached hydrogen (secondary N) is 4. The summed E-state index contributed by atoms with van der Waals surface area (Å²) in [4.78, 5) is 29.0. The first-order valence-electron chi connectivity index (χ1n) is 34.4. The molecule has 3 saturated carbocycles. The quantitative estimate of drug-likeness (QED) is 0.0494. The van der Waals surface area contributed by atoms with Crippen molar-refractivity contribution in [2.45, 2.75) is 82.5 Å². The highest BCUT2D eigenvalue weighted by molar-refractivity contribution is 5.79. The summed E-state index contributed by atoms with van der Waals surface area (Å²) in [5, 5.41) is 60.3. The Morgan fingerprint density at radius 2 is 0.798 bits per heavy atom. The Kier molecular flexibility index (Phi) is 19.7. The van der Waals surface area contributed by atoms with Crippen LogP contribution in [0.25, 0.3) is 101 Å². The summed E-state index contributed by atoms with van der Waals surface area (Å²) < 4.78 is 10.8. The third-order valence-corrected chi connectivity index (χ3v) is 19.7. The Morgan fingerprint density at radius 3 is 1.19 bits per heavy atom. The molecule has 508 valence electrons. The van der Waals surface area contributed by atoms with E-state index in [2.05, 4.69) is 94.3 Å². The lowest BCUT2D eigenvalue weighted by atomic mass is 9.87. The number of hydrogen-bond donors (Lipinski definition) is 6. The summed E-state index contributed by atoms with van der Waals surface area (Å²) >= 11 is 0. The second-order valence-electron chi connectivity index (χ2n) is 27.0. The van der Waals surface area contributed by atoms with Crippen LogP contribution in [0.4, 0.5) is 17.5 Å². The molecule has 9 aromatic heterocycles. The van der Waals surface area contributed by atoms with Crippen molar-refractivity contribution in [3.8, 4) is 101 Å². The maximum Gasteiger partial charge on any atom is 0.161 e. The van der Waals surface area contributed by atoms with Crippen LogP contribution in [0.2, 0.25) is 0 Å². The van der Waals surface area contributed by atoms with Gasteiger partial charge in [-0.15, -0.1) is 0 Å². The van der Waals surface area contributed by atoms with Gasteiger partial charge in [0.15, 0.2) is 17.5 Å². The number of anilines is 3. The van der Waals surface area contributed by atoms with Gasteiger partial charge >= 0.3 is 0 Å². The maximum atomic E-state index is 9.82. The maximum absolute atomic E-state index is 9.82. The molecule has 4 fully saturated rings. The van der Waals surface area contributed by atoms with Crippen molar-refractivity contribution >= 4 is 17.5 Å². The van der Waals surface area contributed by atoms with E-state index in [0.717, 1.165) is 184 Å². The average Bonchev–Trinajstić information content (AvgIpc) is 1.80. The number of aryl methyl sites for hydroxylation is 6. The van der Waals surface area contributed by atoms with Crippen molar-refractivity contribution in [2.24, 2.45) is 66.0 Å². The molecule has 3 aliphatic carbocycles. The number of aliphatic hydroxyl groups excluding tert-OH is 2. The van der Waals surface area contributed by atoms with E-state index < -0.39 is 0 Å². The van der Waals surface area contributed by atoms with E-state index in [0.29, 0.717) is 41.3 Å². The second kappa shape index (κ2) is 29.7. The molecule has 1 saturated heterocycles. The molecule has 0 radical (unpaired) electrons. The first-order valence-corrected chi connectivity index (χ1v) is 34.4. The topological polar surface area (TPSA) is 273 Å². The number of hydrogen-bond acceptors (Lipinski definition) is 18. The van der Waals surface area contributed by atoms with Crippen molar-refractivity contribution in [1.82, 2.24) is 93.9 Å². The molecule has 3 unspecified atom stereocenters. The van der Waals surface area contributed by atoms with Crippen molar-refractivity contribution < 1.29 is 10.2 Å². The summed E-state index contributed by atoms with van der Waals surface area (Å²) in [5.41, 5.74) is 15.0. The number of benzene rings is 3. The molecule has 1 aliphatic heterocycles. The lowest BCUT2D eigenvalue weighted by Crippen LogP contribution is -2.29. The first-order chi connectivity index (χ1) is 48.2. The minimum Gasteiger partial charge on any atom is -0.393 e. The van der Waals surface area contributed by atoms with Gasteiger partial charge in [0, 0.05) is 179 Å². The Hall–Kier alpha value is -10.6. The molecule has 3 atom stereocenters. The van der Waals surface area contributed by atoms with Crippen LogP contribution in [-0.4, -0.2) is 143 Å². The summed E-state index contributed by atoms with van der Waals surface area (Å²) in [6.07, 6.45) is 36.6. The number of rotatable bonds is 17. The monoisotopic (exact) mass is 1330 g/mol. The van der Waals surface area contributed by atoms with Gasteiger partial charge in [0.1, 0.15) is 17.5 Å². The van der Waals surface area contributed by atoms with Gasteiger partial charge in [0.05, 0.1) is 54.4 Å². The van der Waals surface area contributed by atoms with Crippen LogP contribution in [0.3, 0.4) is 0 Å². The standard InChI is InChI=1S/C25H28N8.2C25H29N7O/c1-32-9-8-23(31-32)21-14-27-24(17-5-3-4-16(10-17)19-12-28-33(2)15-19)30-25(21)29-22-7-6-18-11-26-13-20(18)22;2*1-31-15-20(12-28-31)18-4-3-5-19(10-18)24-27-14-23(21-13-29-32(2)16-21)25(30-24)26-11-17-6-8-22(33)9-7-17/h3-5,8-10,12,14-15,18,20,22,26H,6-7,11,13H2,1-2H3,(H,27,29,30);2*3-5,10,12-17,22,33H,6-9,11H2,1-2H3,(H,26,27,30). The van der Waals surface area contributed by atoms with E-state index in [9.17, 15) is 10.2 Å². The fourth-order valence-corrected chi connectivity index (χ4v) is 14.1. The zero-order chi connectivity index (χ0) is 67.9.